The molecule has 8 heteroatoms. The van der Waals surface area contributed by atoms with Crippen molar-refractivity contribution in [3.63, 3.8) is 0 Å². The van der Waals surface area contributed by atoms with Gasteiger partial charge >= 0.3 is 5.97 Å². The van der Waals surface area contributed by atoms with Crippen molar-refractivity contribution in [3.8, 4) is 17.9 Å². The summed E-state index contributed by atoms with van der Waals surface area (Å²) in [6.07, 6.45) is 0.0174. The van der Waals surface area contributed by atoms with Gasteiger partial charge in [0, 0.05) is 11.4 Å². The number of carboxylic acid groups (broad SMARTS) is 1. The summed E-state index contributed by atoms with van der Waals surface area (Å²) < 4.78 is 27.4. The first-order valence-electron chi connectivity index (χ1n) is 7.35. The van der Waals surface area contributed by atoms with Gasteiger partial charge in [0.25, 0.3) is 10.0 Å². The van der Waals surface area contributed by atoms with Gasteiger partial charge in [0.2, 0.25) is 0 Å². The van der Waals surface area contributed by atoms with Crippen LogP contribution >= 0.6 is 11.6 Å². The molecule has 132 valence electrons. The number of aliphatic carboxylic acids is 1. The molecule has 26 heavy (non-hydrogen) atoms. The van der Waals surface area contributed by atoms with Crippen LogP contribution in [-0.2, 0) is 14.8 Å². The number of carbonyl (C=O) groups is 1. The van der Waals surface area contributed by atoms with Crippen LogP contribution in [0.1, 0.15) is 24.0 Å². The van der Waals surface area contributed by atoms with Gasteiger partial charge in [-0.3, -0.25) is 9.52 Å². The lowest BCUT2D eigenvalue weighted by Crippen LogP contribution is -2.13. The zero-order chi connectivity index (χ0) is 19.2. The van der Waals surface area contributed by atoms with Gasteiger partial charge in [-0.15, -0.1) is 0 Å². The summed E-state index contributed by atoms with van der Waals surface area (Å²) in [5.41, 5.74) is 0.905. The summed E-state index contributed by atoms with van der Waals surface area (Å²) in [5.74, 6) is 4.45. The van der Waals surface area contributed by atoms with E-state index in [0.29, 0.717) is 16.1 Å². The Morgan fingerprint density at radius 1 is 1.19 bits per heavy atom. The van der Waals surface area contributed by atoms with E-state index >= 15 is 0 Å². The molecule has 0 saturated heterocycles. The molecule has 0 heterocycles. The summed E-state index contributed by atoms with van der Waals surface area (Å²) in [6, 6.07) is 11.9. The average molecular weight is 389 g/mol. The van der Waals surface area contributed by atoms with Crippen molar-refractivity contribution in [1.82, 2.24) is 0 Å². The zero-order valence-electron chi connectivity index (χ0n) is 13.4. The fourth-order valence-electron chi connectivity index (χ4n) is 1.95. The molecule has 0 radical (unpaired) electrons. The molecule has 0 aliphatic rings. The minimum atomic E-state index is -3.88. The van der Waals surface area contributed by atoms with Gasteiger partial charge in [0.15, 0.2) is 0 Å². The number of anilines is 1. The highest BCUT2D eigenvalue weighted by Crippen LogP contribution is 2.23. The van der Waals surface area contributed by atoms with E-state index in [1.54, 1.807) is 0 Å². The van der Waals surface area contributed by atoms with Crippen LogP contribution in [0.15, 0.2) is 47.4 Å². The van der Waals surface area contributed by atoms with Crippen molar-refractivity contribution in [2.45, 2.75) is 17.7 Å². The van der Waals surface area contributed by atoms with E-state index in [-0.39, 0.29) is 23.4 Å². The Bertz CT molecular complexity index is 1030. The molecule has 2 N–H and O–H groups in total. The van der Waals surface area contributed by atoms with Gasteiger partial charge < -0.3 is 5.11 Å². The van der Waals surface area contributed by atoms with Crippen LogP contribution in [0.2, 0.25) is 5.02 Å². The molecule has 0 saturated carbocycles. The van der Waals surface area contributed by atoms with Crippen LogP contribution in [0.3, 0.4) is 0 Å². The third-order valence-electron chi connectivity index (χ3n) is 3.21. The standard InChI is InChI=1S/C18H13ClN2O4S/c19-15-7-10-17(14(11-15)3-1-2-4-18(22)23)21-26(24,25)16-8-5-13(12-20)6-9-16/h5-11,21H,2,4H2,(H,22,23). The third kappa shape index (κ3) is 5.25. The van der Waals surface area contributed by atoms with E-state index in [9.17, 15) is 13.2 Å². The molecule has 0 bridgehead atoms. The normalized spacial score (nSPS) is 10.3. The molecule has 0 aromatic heterocycles. The number of nitrogens with zero attached hydrogens (tertiary/aromatic N) is 1. The largest absolute Gasteiger partial charge is 0.481 e. The number of halogens is 1. The minimum Gasteiger partial charge on any atom is -0.481 e. The first-order chi connectivity index (χ1) is 12.3. The predicted molar refractivity (Wildman–Crippen MR) is 97.2 cm³/mol. The molecule has 2 rings (SSSR count). The molecule has 2 aromatic carbocycles. The highest BCUT2D eigenvalue weighted by atomic mass is 35.5. The van der Waals surface area contributed by atoms with Gasteiger partial charge in [-0.1, -0.05) is 23.4 Å². The van der Waals surface area contributed by atoms with E-state index < -0.39 is 16.0 Å². The van der Waals surface area contributed by atoms with E-state index in [1.807, 2.05) is 6.07 Å². The van der Waals surface area contributed by atoms with Gasteiger partial charge in [0.05, 0.1) is 34.2 Å². The molecular weight excluding hydrogens is 376 g/mol. The molecule has 0 aliphatic heterocycles. The number of hydrogen-bond acceptors (Lipinski definition) is 4. The Balaban J connectivity index is 2.30. The molecule has 0 atom stereocenters. The van der Waals surface area contributed by atoms with E-state index in [0.717, 1.165) is 0 Å². The number of carboxylic acids is 1. The number of benzene rings is 2. The summed E-state index contributed by atoms with van der Waals surface area (Å²) in [6.45, 7) is 0. The SMILES string of the molecule is N#Cc1ccc(S(=O)(=O)Nc2ccc(Cl)cc2C#CCCC(=O)O)cc1. The maximum absolute atomic E-state index is 12.5. The van der Waals surface area contributed by atoms with Crippen molar-refractivity contribution in [2.24, 2.45) is 0 Å². The van der Waals surface area contributed by atoms with Crippen LogP contribution in [0.4, 0.5) is 5.69 Å². The maximum atomic E-state index is 12.5. The zero-order valence-corrected chi connectivity index (χ0v) is 14.9. The Kier molecular flexibility index (Phi) is 6.24. The minimum absolute atomic E-state index is 0.00348. The lowest BCUT2D eigenvalue weighted by atomic mass is 10.2. The Morgan fingerprint density at radius 3 is 2.50 bits per heavy atom. The van der Waals surface area contributed by atoms with Crippen molar-refractivity contribution in [3.05, 3.63) is 58.6 Å². The first kappa shape index (κ1) is 19.3. The second-order valence-electron chi connectivity index (χ2n) is 5.13. The van der Waals surface area contributed by atoms with Crippen molar-refractivity contribution >= 4 is 33.3 Å². The topological polar surface area (TPSA) is 107 Å². The number of nitriles is 1. The number of sulfonamides is 1. The second-order valence-corrected chi connectivity index (χ2v) is 7.25. The first-order valence-corrected chi connectivity index (χ1v) is 9.21. The smallest absolute Gasteiger partial charge is 0.304 e. The molecule has 0 fully saturated rings. The fourth-order valence-corrected chi connectivity index (χ4v) is 3.20. The highest BCUT2D eigenvalue weighted by Gasteiger charge is 2.16. The van der Waals surface area contributed by atoms with Crippen LogP contribution in [0.5, 0.6) is 0 Å². The monoisotopic (exact) mass is 388 g/mol. The van der Waals surface area contributed by atoms with E-state index in [1.165, 1.54) is 42.5 Å². The Morgan fingerprint density at radius 2 is 1.88 bits per heavy atom. The molecular formula is C18H13ClN2O4S. The molecule has 0 spiro atoms. The lowest BCUT2D eigenvalue weighted by molar-refractivity contribution is -0.136. The van der Waals surface area contributed by atoms with Gasteiger partial charge in [-0.05, 0) is 42.5 Å². The molecule has 0 aliphatic carbocycles. The third-order valence-corrected chi connectivity index (χ3v) is 4.82. The van der Waals surface area contributed by atoms with Gasteiger partial charge in [-0.25, -0.2) is 8.42 Å². The summed E-state index contributed by atoms with van der Waals surface area (Å²) in [4.78, 5) is 10.5. The van der Waals surface area contributed by atoms with Crippen LogP contribution in [0.25, 0.3) is 0 Å². The predicted octanol–water partition coefficient (Wildman–Crippen LogP) is 3.23. The van der Waals surface area contributed by atoms with Gasteiger partial charge in [-0.2, -0.15) is 5.26 Å². The fraction of sp³-hybridized carbons (Fsp3) is 0.111. The van der Waals surface area contributed by atoms with Crippen LogP contribution in [-0.4, -0.2) is 19.5 Å². The van der Waals surface area contributed by atoms with E-state index in [4.69, 9.17) is 22.0 Å². The van der Waals surface area contributed by atoms with Gasteiger partial charge in [0.1, 0.15) is 0 Å². The second kappa shape index (κ2) is 8.39. The number of nitrogens with one attached hydrogen (secondary N) is 1. The summed E-state index contributed by atoms with van der Waals surface area (Å²) >= 11 is 5.93. The molecule has 0 amide bonds. The van der Waals surface area contributed by atoms with Crippen molar-refractivity contribution < 1.29 is 18.3 Å². The van der Waals surface area contributed by atoms with E-state index in [2.05, 4.69) is 16.6 Å². The lowest BCUT2D eigenvalue weighted by Gasteiger charge is -2.10. The van der Waals surface area contributed by atoms with Crippen molar-refractivity contribution in [2.75, 3.05) is 4.72 Å². The van der Waals surface area contributed by atoms with Crippen LogP contribution < -0.4 is 4.72 Å². The highest BCUT2D eigenvalue weighted by molar-refractivity contribution is 7.92. The Hall–Kier alpha value is -3.00. The average Bonchev–Trinajstić information content (AvgIpc) is 2.60. The number of hydrogen-bond donors (Lipinski definition) is 2. The quantitative estimate of drug-likeness (QED) is 0.764. The summed E-state index contributed by atoms with van der Waals surface area (Å²) in [5, 5.41) is 17.8. The molecule has 2 aromatic rings. The van der Waals surface area contributed by atoms with Crippen molar-refractivity contribution in [1.29, 1.82) is 5.26 Å². The molecule has 6 nitrogen and oxygen atoms in total. The number of rotatable bonds is 5. The van der Waals surface area contributed by atoms with Crippen LogP contribution in [0, 0.1) is 23.2 Å². The maximum Gasteiger partial charge on any atom is 0.304 e. The summed E-state index contributed by atoms with van der Waals surface area (Å²) in [7, 11) is -3.88. The Labute approximate surface area is 156 Å². The molecule has 0 unspecified atom stereocenters.